The monoisotopic (exact) mass is 494 g/mol. The van der Waals surface area contributed by atoms with E-state index in [1.165, 1.54) is 5.56 Å². The molecule has 0 amide bonds. The van der Waals surface area contributed by atoms with E-state index in [-0.39, 0.29) is 24.0 Å². The minimum absolute atomic E-state index is 0. The van der Waals surface area contributed by atoms with Crippen LogP contribution in [0.4, 0.5) is 0 Å². The Morgan fingerprint density at radius 1 is 1.18 bits per heavy atom. The lowest BCUT2D eigenvalue weighted by Gasteiger charge is -2.10. The molecule has 1 aromatic carbocycles. The number of aromatic nitrogens is 3. The Labute approximate surface area is 182 Å². The third-order valence-corrected chi connectivity index (χ3v) is 4.19. The number of hydrogen-bond donors (Lipinski definition) is 2. The molecular weight excluding hydrogens is 467 g/mol. The van der Waals surface area contributed by atoms with Crippen LogP contribution < -0.4 is 10.6 Å². The zero-order valence-corrected chi connectivity index (χ0v) is 18.8. The maximum atomic E-state index is 5.61. The van der Waals surface area contributed by atoms with Gasteiger partial charge in [0, 0.05) is 38.3 Å². The maximum Gasteiger partial charge on any atom is 0.226 e. The van der Waals surface area contributed by atoms with E-state index in [1.54, 1.807) is 12.5 Å². The van der Waals surface area contributed by atoms with E-state index < -0.39 is 0 Å². The molecule has 3 aromatic rings. The van der Waals surface area contributed by atoms with Crippen LogP contribution in [0.1, 0.15) is 23.9 Å². The van der Waals surface area contributed by atoms with E-state index in [2.05, 4.69) is 44.8 Å². The van der Waals surface area contributed by atoms with Gasteiger partial charge in [0.25, 0.3) is 0 Å². The van der Waals surface area contributed by atoms with E-state index in [9.17, 15) is 0 Å². The first-order chi connectivity index (χ1) is 13.2. The molecule has 8 heteroatoms. The number of nitrogens with one attached hydrogen (secondary N) is 2. The molecule has 2 N–H and O–H groups in total. The Balaban J connectivity index is 0.00000280. The van der Waals surface area contributed by atoms with Gasteiger partial charge in [0.05, 0.1) is 17.9 Å². The van der Waals surface area contributed by atoms with Gasteiger partial charge in [0.2, 0.25) is 5.89 Å². The molecule has 0 saturated heterocycles. The first-order valence-electron chi connectivity index (χ1n) is 9.16. The summed E-state index contributed by atoms with van der Waals surface area (Å²) in [7, 11) is 1.92. The molecule has 2 heterocycles. The predicted molar refractivity (Wildman–Crippen MR) is 122 cm³/mol. The quantitative estimate of drug-likeness (QED) is 0.300. The summed E-state index contributed by atoms with van der Waals surface area (Å²) in [6, 6.07) is 10.1. The van der Waals surface area contributed by atoms with Gasteiger partial charge in [-0.15, -0.1) is 24.0 Å². The normalized spacial score (nSPS) is 11.2. The van der Waals surface area contributed by atoms with Crippen molar-refractivity contribution in [1.82, 2.24) is 25.4 Å². The van der Waals surface area contributed by atoms with Crippen molar-refractivity contribution in [3.63, 3.8) is 0 Å². The van der Waals surface area contributed by atoms with E-state index in [0.717, 1.165) is 42.4 Å². The highest BCUT2D eigenvalue weighted by Gasteiger charge is 2.07. The smallest absolute Gasteiger partial charge is 0.226 e. The van der Waals surface area contributed by atoms with Crippen molar-refractivity contribution in [3.05, 3.63) is 59.7 Å². The molecule has 0 aliphatic carbocycles. The Morgan fingerprint density at radius 2 is 1.96 bits per heavy atom. The fourth-order valence-corrected chi connectivity index (χ4v) is 2.62. The van der Waals surface area contributed by atoms with Crippen molar-refractivity contribution in [3.8, 4) is 11.5 Å². The number of benzene rings is 1. The van der Waals surface area contributed by atoms with E-state index in [0.29, 0.717) is 12.4 Å². The van der Waals surface area contributed by atoms with Gasteiger partial charge in [-0.2, -0.15) is 5.10 Å². The molecule has 0 aliphatic rings. The van der Waals surface area contributed by atoms with Gasteiger partial charge < -0.3 is 15.1 Å². The Morgan fingerprint density at radius 3 is 2.64 bits per heavy atom. The molecule has 0 fully saturated rings. The van der Waals surface area contributed by atoms with Crippen molar-refractivity contribution < 1.29 is 4.42 Å². The van der Waals surface area contributed by atoms with Crippen LogP contribution in [0.25, 0.3) is 11.5 Å². The topological polar surface area (TPSA) is 80.3 Å². The molecular formula is C20H27IN6O. The van der Waals surface area contributed by atoms with Gasteiger partial charge in [0.1, 0.15) is 6.26 Å². The van der Waals surface area contributed by atoms with Gasteiger partial charge in [-0.25, -0.2) is 9.98 Å². The van der Waals surface area contributed by atoms with Crippen molar-refractivity contribution in [1.29, 1.82) is 0 Å². The van der Waals surface area contributed by atoms with Crippen LogP contribution in [0, 0.1) is 6.92 Å². The largest absolute Gasteiger partial charge is 0.444 e. The lowest BCUT2D eigenvalue weighted by atomic mass is 10.1. The van der Waals surface area contributed by atoms with Crippen LogP contribution >= 0.6 is 24.0 Å². The van der Waals surface area contributed by atoms with E-state index in [4.69, 9.17) is 4.42 Å². The van der Waals surface area contributed by atoms with Gasteiger partial charge in [-0.05, 0) is 32.0 Å². The summed E-state index contributed by atoms with van der Waals surface area (Å²) >= 11 is 0. The fourth-order valence-electron chi connectivity index (χ4n) is 2.62. The molecule has 0 saturated carbocycles. The SMILES string of the molecule is CCNC(=NCc1ccnn1C)NCCc1coc(-c2ccc(C)cc2)n1.I. The first kappa shape index (κ1) is 21.9. The number of oxazole rings is 1. The van der Waals surface area contributed by atoms with Crippen molar-refractivity contribution in [2.45, 2.75) is 26.8 Å². The summed E-state index contributed by atoms with van der Waals surface area (Å²) in [5, 5.41) is 10.7. The van der Waals surface area contributed by atoms with E-state index in [1.807, 2.05) is 36.9 Å². The van der Waals surface area contributed by atoms with Crippen molar-refractivity contribution in [2.75, 3.05) is 13.1 Å². The molecule has 0 bridgehead atoms. The van der Waals surface area contributed by atoms with E-state index >= 15 is 0 Å². The number of rotatable bonds is 7. The van der Waals surface area contributed by atoms with Gasteiger partial charge in [0.15, 0.2) is 5.96 Å². The number of halogens is 1. The molecule has 150 valence electrons. The summed E-state index contributed by atoms with van der Waals surface area (Å²) in [4.78, 5) is 9.17. The molecule has 0 spiro atoms. The number of guanidine groups is 1. The maximum absolute atomic E-state index is 5.61. The van der Waals surface area contributed by atoms with Crippen molar-refractivity contribution in [2.24, 2.45) is 12.0 Å². The second-order valence-corrected chi connectivity index (χ2v) is 6.33. The van der Waals surface area contributed by atoms with Crippen LogP contribution in [-0.2, 0) is 20.0 Å². The van der Waals surface area contributed by atoms with Crippen LogP contribution in [-0.4, -0.2) is 33.8 Å². The second-order valence-electron chi connectivity index (χ2n) is 6.33. The van der Waals surface area contributed by atoms with Crippen LogP contribution in [0.5, 0.6) is 0 Å². The predicted octanol–water partition coefficient (Wildman–Crippen LogP) is 3.30. The summed E-state index contributed by atoms with van der Waals surface area (Å²) in [5.74, 6) is 1.43. The molecule has 0 aliphatic heterocycles. The average molecular weight is 494 g/mol. The summed E-state index contributed by atoms with van der Waals surface area (Å²) < 4.78 is 7.44. The van der Waals surface area contributed by atoms with Gasteiger partial charge in [-0.1, -0.05) is 17.7 Å². The average Bonchev–Trinajstić information content (AvgIpc) is 3.29. The van der Waals surface area contributed by atoms with Crippen LogP contribution in [0.15, 0.2) is 52.2 Å². The van der Waals surface area contributed by atoms with Crippen molar-refractivity contribution >= 4 is 29.9 Å². The highest BCUT2D eigenvalue weighted by Crippen LogP contribution is 2.19. The molecule has 2 aromatic heterocycles. The Kier molecular flexibility index (Phi) is 8.49. The summed E-state index contributed by atoms with van der Waals surface area (Å²) in [5.41, 5.74) is 4.19. The minimum atomic E-state index is 0. The highest BCUT2D eigenvalue weighted by atomic mass is 127. The molecule has 0 atom stereocenters. The number of aryl methyl sites for hydroxylation is 2. The summed E-state index contributed by atoms with van der Waals surface area (Å²) in [6.45, 7) is 6.21. The third kappa shape index (κ3) is 6.08. The molecule has 28 heavy (non-hydrogen) atoms. The first-order valence-corrected chi connectivity index (χ1v) is 9.16. The zero-order valence-electron chi connectivity index (χ0n) is 16.5. The zero-order chi connectivity index (χ0) is 19.1. The molecule has 0 unspecified atom stereocenters. The van der Waals surface area contributed by atoms with Crippen LogP contribution in [0.2, 0.25) is 0 Å². The Hall–Kier alpha value is -2.36. The number of aliphatic imine (C=N–C) groups is 1. The third-order valence-electron chi connectivity index (χ3n) is 4.19. The lowest BCUT2D eigenvalue weighted by Crippen LogP contribution is -2.38. The fraction of sp³-hybridized carbons (Fsp3) is 0.350. The highest BCUT2D eigenvalue weighted by molar-refractivity contribution is 14.0. The Bertz CT molecular complexity index is 884. The second kappa shape index (κ2) is 10.8. The minimum Gasteiger partial charge on any atom is -0.444 e. The molecule has 0 radical (unpaired) electrons. The van der Waals surface area contributed by atoms with Gasteiger partial charge in [-0.3, -0.25) is 4.68 Å². The van der Waals surface area contributed by atoms with Crippen LogP contribution in [0.3, 0.4) is 0 Å². The standard InChI is InChI=1S/C20H26N6O.HI/c1-4-21-20(23-13-18-10-12-24-26(18)3)22-11-9-17-14-27-19(25-17)16-7-5-15(2)6-8-16;/h5-8,10,12,14H,4,9,11,13H2,1-3H3,(H2,21,22,23);1H. The summed E-state index contributed by atoms with van der Waals surface area (Å²) in [6.07, 6.45) is 4.25. The number of hydrogen-bond acceptors (Lipinski definition) is 4. The lowest BCUT2D eigenvalue weighted by molar-refractivity contribution is 0.572. The molecule has 7 nitrogen and oxygen atoms in total. The van der Waals surface area contributed by atoms with Gasteiger partial charge >= 0.3 is 0 Å². The number of nitrogens with zero attached hydrogens (tertiary/aromatic N) is 4. The molecule has 3 rings (SSSR count).